The second kappa shape index (κ2) is 7.95. The molecule has 1 atom stereocenters. The van der Waals surface area contributed by atoms with Crippen molar-refractivity contribution in [3.05, 3.63) is 60.7 Å². The minimum atomic E-state index is -0.0562. The molecular weight excluding hydrogens is 394 g/mol. The van der Waals surface area contributed by atoms with Gasteiger partial charge in [-0.3, -0.25) is 4.79 Å². The number of benzene rings is 3. The normalized spacial score (nSPS) is 16.7. The monoisotopic (exact) mass is 417 g/mol. The Hall–Kier alpha value is -3.12. The fraction of sp³-hybridized carbons (Fsp3) is 0.250. The quantitative estimate of drug-likeness (QED) is 0.489. The molecule has 1 N–H and O–H groups in total. The van der Waals surface area contributed by atoms with Crippen LogP contribution in [0.15, 0.2) is 60.7 Å². The number of hydrogen-bond acceptors (Lipinski definition) is 5. The third-order valence-electron chi connectivity index (χ3n) is 5.69. The molecule has 1 fully saturated rings. The lowest BCUT2D eigenvalue weighted by molar-refractivity contribution is -0.120. The summed E-state index contributed by atoms with van der Waals surface area (Å²) in [6.07, 6.45) is 1.87. The first-order valence-corrected chi connectivity index (χ1v) is 11.0. The van der Waals surface area contributed by atoms with E-state index in [0.29, 0.717) is 6.54 Å². The van der Waals surface area contributed by atoms with Crippen LogP contribution in [-0.4, -0.2) is 31.1 Å². The zero-order valence-electron chi connectivity index (χ0n) is 16.8. The Bertz CT molecular complexity index is 1210. The van der Waals surface area contributed by atoms with E-state index in [1.54, 1.807) is 18.4 Å². The first-order chi connectivity index (χ1) is 14.7. The number of anilines is 2. The fourth-order valence-electron chi connectivity index (χ4n) is 4.09. The Morgan fingerprint density at radius 2 is 2.03 bits per heavy atom. The number of methoxy groups -OCH3 is 1. The van der Waals surface area contributed by atoms with Crippen LogP contribution in [0, 0.1) is 5.92 Å². The van der Waals surface area contributed by atoms with Crippen molar-refractivity contribution in [1.29, 1.82) is 0 Å². The lowest BCUT2D eigenvalue weighted by atomic mass is 9.97. The van der Waals surface area contributed by atoms with Gasteiger partial charge in [-0.15, -0.1) is 0 Å². The highest BCUT2D eigenvalue weighted by Gasteiger charge is 2.28. The van der Waals surface area contributed by atoms with E-state index in [1.165, 1.54) is 0 Å². The Morgan fingerprint density at radius 1 is 1.17 bits per heavy atom. The van der Waals surface area contributed by atoms with E-state index in [-0.39, 0.29) is 11.8 Å². The lowest BCUT2D eigenvalue weighted by Gasteiger charge is -2.31. The highest BCUT2D eigenvalue weighted by Crippen LogP contribution is 2.34. The average Bonchev–Trinajstić information content (AvgIpc) is 3.23. The van der Waals surface area contributed by atoms with Gasteiger partial charge in [0.25, 0.3) is 0 Å². The second-order valence-electron chi connectivity index (χ2n) is 7.63. The summed E-state index contributed by atoms with van der Waals surface area (Å²) >= 11 is 1.66. The molecule has 0 spiro atoms. The van der Waals surface area contributed by atoms with Gasteiger partial charge >= 0.3 is 0 Å². The third-order valence-corrected chi connectivity index (χ3v) is 6.77. The van der Waals surface area contributed by atoms with Crippen LogP contribution in [0.2, 0.25) is 0 Å². The molecule has 1 aromatic heterocycles. The number of nitrogens with one attached hydrogen (secondary N) is 1. The standard InChI is InChI=1S/C24H23N3O2S/c1-29-18-11-12-21-22(14-18)30-24(26-21)27-13-5-8-17(15-27)23(28)25-20-10-4-7-16-6-2-3-9-19(16)20/h2-4,6-7,9-12,14,17H,5,8,13,15H2,1H3,(H,25,28). The number of ether oxygens (including phenoxy) is 1. The summed E-state index contributed by atoms with van der Waals surface area (Å²) in [5, 5.41) is 6.34. The van der Waals surface area contributed by atoms with Gasteiger partial charge in [-0.1, -0.05) is 47.7 Å². The van der Waals surface area contributed by atoms with Crippen LogP contribution in [-0.2, 0) is 4.79 Å². The van der Waals surface area contributed by atoms with Crippen molar-refractivity contribution in [2.45, 2.75) is 12.8 Å². The number of amides is 1. The molecule has 0 bridgehead atoms. The van der Waals surface area contributed by atoms with Crippen LogP contribution < -0.4 is 15.0 Å². The van der Waals surface area contributed by atoms with E-state index >= 15 is 0 Å². The summed E-state index contributed by atoms with van der Waals surface area (Å²) in [6.45, 7) is 1.61. The molecule has 2 heterocycles. The van der Waals surface area contributed by atoms with Crippen LogP contribution in [0.1, 0.15) is 12.8 Å². The highest BCUT2D eigenvalue weighted by molar-refractivity contribution is 7.22. The molecular formula is C24H23N3O2S. The molecule has 1 unspecified atom stereocenters. The van der Waals surface area contributed by atoms with Gasteiger partial charge in [0.05, 0.1) is 23.2 Å². The Balaban J connectivity index is 1.34. The van der Waals surface area contributed by atoms with Crippen LogP contribution in [0.5, 0.6) is 5.75 Å². The molecule has 5 nitrogen and oxygen atoms in total. The second-order valence-corrected chi connectivity index (χ2v) is 8.64. The Labute approximate surface area is 179 Å². The Morgan fingerprint density at radius 3 is 2.93 bits per heavy atom. The molecule has 0 radical (unpaired) electrons. The fourth-order valence-corrected chi connectivity index (χ4v) is 5.12. The number of hydrogen-bond donors (Lipinski definition) is 1. The Kier molecular flexibility index (Phi) is 5.01. The summed E-state index contributed by atoms with van der Waals surface area (Å²) in [5.74, 6) is 0.863. The largest absolute Gasteiger partial charge is 0.497 e. The number of aromatic nitrogens is 1. The topological polar surface area (TPSA) is 54.5 Å². The summed E-state index contributed by atoms with van der Waals surface area (Å²) in [5.41, 5.74) is 1.85. The van der Waals surface area contributed by atoms with Gasteiger partial charge in [-0.25, -0.2) is 4.98 Å². The van der Waals surface area contributed by atoms with Crippen LogP contribution in [0.4, 0.5) is 10.8 Å². The van der Waals surface area contributed by atoms with Crippen LogP contribution in [0.3, 0.4) is 0 Å². The zero-order chi connectivity index (χ0) is 20.5. The van der Waals surface area contributed by atoms with Gasteiger partial charge in [-0.05, 0) is 42.5 Å². The molecule has 1 aliphatic rings. The first-order valence-electron chi connectivity index (χ1n) is 10.2. The van der Waals surface area contributed by atoms with Crippen molar-refractivity contribution >= 4 is 49.1 Å². The molecule has 1 saturated heterocycles. The molecule has 0 saturated carbocycles. The third kappa shape index (κ3) is 3.59. The molecule has 4 aromatic rings. The number of nitrogens with zero attached hydrogens (tertiary/aromatic N) is 2. The molecule has 1 aliphatic heterocycles. The van der Waals surface area contributed by atoms with Crippen LogP contribution in [0.25, 0.3) is 21.0 Å². The van der Waals surface area contributed by atoms with Crippen LogP contribution >= 0.6 is 11.3 Å². The number of carbonyl (C=O) groups excluding carboxylic acids is 1. The van der Waals surface area contributed by atoms with Gasteiger partial charge in [0.2, 0.25) is 5.91 Å². The van der Waals surface area contributed by atoms with Crippen molar-refractivity contribution in [2.24, 2.45) is 5.92 Å². The predicted molar refractivity (Wildman–Crippen MR) is 124 cm³/mol. The molecule has 30 heavy (non-hydrogen) atoms. The molecule has 1 amide bonds. The smallest absolute Gasteiger partial charge is 0.229 e. The number of fused-ring (bicyclic) bond motifs is 2. The lowest BCUT2D eigenvalue weighted by Crippen LogP contribution is -2.40. The average molecular weight is 418 g/mol. The zero-order valence-corrected chi connectivity index (χ0v) is 17.6. The molecule has 5 rings (SSSR count). The van der Waals surface area contributed by atoms with Crippen molar-refractivity contribution in [3.63, 3.8) is 0 Å². The minimum Gasteiger partial charge on any atom is -0.497 e. The number of rotatable bonds is 4. The van der Waals surface area contributed by atoms with Gasteiger partial charge in [-0.2, -0.15) is 0 Å². The molecule has 152 valence electrons. The maximum Gasteiger partial charge on any atom is 0.229 e. The van der Waals surface area contributed by atoms with Gasteiger partial charge in [0, 0.05) is 24.2 Å². The van der Waals surface area contributed by atoms with E-state index in [4.69, 9.17) is 9.72 Å². The van der Waals surface area contributed by atoms with Crippen molar-refractivity contribution in [2.75, 3.05) is 30.4 Å². The van der Waals surface area contributed by atoms with Crippen molar-refractivity contribution in [3.8, 4) is 5.75 Å². The molecule has 3 aromatic carbocycles. The van der Waals surface area contributed by atoms with E-state index in [0.717, 1.165) is 56.9 Å². The predicted octanol–water partition coefficient (Wildman–Crippen LogP) is 5.31. The molecule has 0 aliphatic carbocycles. The van der Waals surface area contributed by atoms with Crippen molar-refractivity contribution < 1.29 is 9.53 Å². The maximum atomic E-state index is 13.1. The SMILES string of the molecule is COc1ccc2nc(N3CCCC(C(=O)Nc4cccc5ccccc45)C3)sc2c1. The van der Waals surface area contributed by atoms with Gasteiger partial charge in [0.15, 0.2) is 5.13 Å². The van der Waals surface area contributed by atoms with Gasteiger partial charge < -0.3 is 15.0 Å². The number of carbonyl (C=O) groups is 1. The minimum absolute atomic E-state index is 0.0562. The summed E-state index contributed by atoms with van der Waals surface area (Å²) in [6, 6.07) is 20.1. The summed E-state index contributed by atoms with van der Waals surface area (Å²) in [7, 11) is 1.67. The molecule has 6 heteroatoms. The summed E-state index contributed by atoms with van der Waals surface area (Å²) < 4.78 is 6.43. The highest BCUT2D eigenvalue weighted by atomic mass is 32.1. The van der Waals surface area contributed by atoms with E-state index < -0.39 is 0 Å². The summed E-state index contributed by atoms with van der Waals surface area (Å²) in [4.78, 5) is 20.1. The number of thiazole rings is 1. The van der Waals surface area contributed by atoms with Gasteiger partial charge in [0.1, 0.15) is 5.75 Å². The maximum absolute atomic E-state index is 13.1. The first kappa shape index (κ1) is 18.9. The van der Waals surface area contributed by atoms with E-state index in [1.807, 2.05) is 48.5 Å². The van der Waals surface area contributed by atoms with Crippen molar-refractivity contribution in [1.82, 2.24) is 4.98 Å². The van der Waals surface area contributed by atoms with E-state index in [9.17, 15) is 4.79 Å². The van der Waals surface area contributed by atoms with E-state index in [2.05, 4.69) is 22.3 Å². The number of piperidine rings is 1.